The minimum atomic E-state index is -4.72. The first kappa shape index (κ1) is 56.7. The Labute approximate surface area is 465 Å². The number of aryl methyl sites for hydroxylation is 4. The van der Waals surface area contributed by atoms with E-state index < -0.39 is 110 Å². The highest BCUT2D eigenvalue weighted by atomic mass is 32.2. The number of benzene rings is 8. The summed E-state index contributed by atoms with van der Waals surface area (Å²) in [5, 5.41) is 47.3. The Morgan fingerprint density at radius 1 is 0.275 bits per heavy atom. The molecule has 0 saturated carbocycles. The fraction of sp³-hybridized carbons (Fsp3) is 0.200. The summed E-state index contributed by atoms with van der Waals surface area (Å²) in [6, 6.07) is 33.0. The average molecular weight is 1160 g/mol. The molecule has 4 atom stereocenters. The van der Waals surface area contributed by atoms with Gasteiger partial charge in [0.2, 0.25) is 0 Å². The predicted molar refractivity (Wildman–Crippen MR) is 298 cm³/mol. The number of aromatic hydroxyl groups is 4. The van der Waals surface area contributed by atoms with Crippen molar-refractivity contribution in [1.82, 2.24) is 0 Å². The second-order valence-corrected chi connectivity index (χ2v) is 26.3. The van der Waals surface area contributed by atoms with Crippen LogP contribution in [0.25, 0.3) is 0 Å². The molecular weight excluding hydrogens is 1100 g/mol. The van der Waals surface area contributed by atoms with Gasteiger partial charge in [-0.15, -0.1) is 0 Å². The summed E-state index contributed by atoms with van der Waals surface area (Å²) in [6.07, 6.45) is 0. The highest BCUT2D eigenvalue weighted by Gasteiger charge is 2.35. The van der Waals surface area contributed by atoms with Gasteiger partial charge < -0.3 is 37.2 Å². The summed E-state index contributed by atoms with van der Waals surface area (Å²) in [6.45, 7) is 13.4. The van der Waals surface area contributed by atoms with Crippen LogP contribution in [0.1, 0.15) is 118 Å². The Morgan fingerprint density at radius 2 is 0.450 bits per heavy atom. The van der Waals surface area contributed by atoms with Crippen molar-refractivity contribution in [2.75, 3.05) is 0 Å². The highest BCUT2D eigenvalue weighted by molar-refractivity contribution is 7.88. The third kappa shape index (κ3) is 11.3. The lowest BCUT2D eigenvalue weighted by atomic mass is 9.81. The highest BCUT2D eigenvalue weighted by Crippen LogP contribution is 2.51. The fourth-order valence-electron chi connectivity index (χ4n) is 9.60. The van der Waals surface area contributed by atoms with Gasteiger partial charge in [0, 0.05) is 92.4 Å². The molecule has 1 aliphatic rings. The molecule has 8 aromatic carbocycles. The number of hydrogen-bond donors (Lipinski definition) is 4. The molecule has 0 saturated heterocycles. The number of hydrogen-bond acceptors (Lipinski definition) is 16. The van der Waals surface area contributed by atoms with Crippen LogP contribution in [0.15, 0.2) is 165 Å². The van der Waals surface area contributed by atoms with Crippen LogP contribution in [0.4, 0.5) is 0 Å². The minimum Gasteiger partial charge on any atom is -0.508 e. The van der Waals surface area contributed by atoms with Crippen LogP contribution >= 0.6 is 0 Å². The third-order valence-corrected chi connectivity index (χ3v) is 19.4. The second kappa shape index (κ2) is 21.2. The first-order chi connectivity index (χ1) is 37.5. The van der Waals surface area contributed by atoms with Crippen molar-refractivity contribution >= 4 is 40.5 Å². The van der Waals surface area contributed by atoms with Gasteiger partial charge in [-0.2, -0.15) is 33.7 Å². The lowest BCUT2D eigenvalue weighted by molar-refractivity contribution is 0.438. The Hall–Kier alpha value is -8.04. The number of rotatable bonds is 12. The molecule has 8 aromatic rings. The van der Waals surface area contributed by atoms with E-state index >= 15 is 0 Å². The molecule has 0 aliphatic heterocycles. The molecule has 20 heteroatoms. The van der Waals surface area contributed by atoms with E-state index in [0.29, 0.717) is 0 Å². The summed E-state index contributed by atoms with van der Waals surface area (Å²) >= 11 is 0. The first-order valence-corrected chi connectivity index (χ1v) is 30.7. The Morgan fingerprint density at radius 3 is 0.637 bits per heavy atom. The van der Waals surface area contributed by atoms with Crippen molar-refractivity contribution in [3.63, 3.8) is 0 Å². The van der Waals surface area contributed by atoms with Gasteiger partial charge in [-0.05, 0) is 100 Å². The summed E-state index contributed by atoms with van der Waals surface area (Å²) < 4.78 is 138. The molecule has 0 amide bonds. The Bertz CT molecular complexity index is 3670. The van der Waals surface area contributed by atoms with Crippen molar-refractivity contribution in [3.05, 3.63) is 212 Å². The van der Waals surface area contributed by atoms with Gasteiger partial charge in [-0.1, -0.05) is 98.5 Å². The normalized spacial score (nSPS) is 16.6. The van der Waals surface area contributed by atoms with Crippen molar-refractivity contribution in [2.45, 2.75) is 98.6 Å². The average Bonchev–Trinajstić information content (AvgIpc) is 3.38. The molecule has 0 radical (unpaired) electrons. The summed E-state index contributed by atoms with van der Waals surface area (Å²) in [5.41, 5.74) is 3.33. The van der Waals surface area contributed by atoms with E-state index in [1.165, 1.54) is 72.8 Å². The topological polar surface area (TPSA) is 254 Å². The van der Waals surface area contributed by atoms with Crippen molar-refractivity contribution in [1.29, 1.82) is 0 Å². The van der Waals surface area contributed by atoms with Gasteiger partial charge in [-0.3, -0.25) is 0 Å². The van der Waals surface area contributed by atoms with E-state index in [-0.39, 0.29) is 64.1 Å². The predicted octanol–water partition coefficient (Wildman–Crippen LogP) is 11.7. The van der Waals surface area contributed by atoms with Crippen LogP contribution in [-0.4, -0.2) is 54.1 Å². The van der Waals surface area contributed by atoms with E-state index in [2.05, 4.69) is 0 Å². The molecule has 8 bridgehead atoms. The minimum absolute atomic E-state index is 0.0351. The van der Waals surface area contributed by atoms with E-state index in [1.807, 2.05) is 0 Å². The van der Waals surface area contributed by atoms with Gasteiger partial charge in [0.1, 0.15) is 42.6 Å². The van der Waals surface area contributed by atoms with Gasteiger partial charge in [-0.25, -0.2) is 0 Å². The number of phenols is 4. The lowest BCUT2D eigenvalue weighted by Gasteiger charge is -2.27. The molecular formula is C60H56O16S4. The molecule has 0 aromatic heterocycles. The maximum absolute atomic E-state index is 14.3. The maximum Gasteiger partial charge on any atom is 0.339 e. The largest absolute Gasteiger partial charge is 0.508 e. The van der Waals surface area contributed by atoms with Crippen LogP contribution in [0.3, 0.4) is 0 Å². The molecule has 0 heterocycles. The molecule has 416 valence electrons. The van der Waals surface area contributed by atoms with Gasteiger partial charge in [0.05, 0.1) is 0 Å². The van der Waals surface area contributed by atoms with E-state index in [1.54, 1.807) is 104 Å². The standard InChI is InChI=1S/C60H56O16S4/c1-33-9-17-41(18-10-33)77(65,66)73-57-31-58(74-78(67,68)42-19-11-34(2)12-20-42)50-27-49(57)37(5)45-25-46(54(62)29-53(45)61)39(7)51-28-52(40(8)48-26-47(38(50)6)55(63)30-56(48)64)60(76-80(71,72)44-23-15-36(4)16-24-44)32-59(51)75-79(69,70)43-21-13-35(3)14-22-43/h9-32,37-40,61-64H,1-8H3/t37-,38+,39+,40-. The monoisotopic (exact) mass is 1160 g/mol. The number of fused-ring (bicyclic) bond motifs is 8. The van der Waals surface area contributed by atoms with Crippen molar-refractivity contribution < 1.29 is 70.8 Å². The molecule has 16 nitrogen and oxygen atoms in total. The molecule has 1 aliphatic carbocycles. The SMILES string of the molecule is Cc1ccc(S(=O)(=O)Oc2cc(OS(=O)(=O)c3ccc(C)cc3)c3cc2[C@H](C)c2cc(c(O)cc2O)[C@H](C)c2cc(c(OS(=O)(=O)c4ccc(C)cc4)cc2OS(=O)(=O)c2ccc(C)cc2)[C@H](C)c2cc(c(O)cc2O)[C@@H]3C)cc1. The fourth-order valence-corrected chi connectivity index (χ4v) is 13.4. The first-order valence-electron chi connectivity index (χ1n) is 25.1. The summed E-state index contributed by atoms with van der Waals surface area (Å²) in [5.74, 6) is -8.19. The van der Waals surface area contributed by atoms with Crippen LogP contribution in [0.5, 0.6) is 46.0 Å². The Balaban J connectivity index is 1.35. The number of phenolic OH excluding ortho intramolecular Hbond substituents is 4. The van der Waals surface area contributed by atoms with Crippen LogP contribution < -0.4 is 16.7 Å². The molecule has 0 fully saturated rings. The van der Waals surface area contributed by atoms with Gasteiger partial charge in [0.15, 0.2) is 23.0 Å². The summed E-state index contributed by atoms with van der Waals surface area (Å²) in [7, 11) is -18.9. The quantitative estimate of drug-likeness (QED) is 0.0830. The maximum atomic E-state index is 14.3. The molecule has 80 heavy (non-hydrogen) atoms. The lowest BCUT2D eigenvalue weighted by Crippen LogP contribution is -2.16. The zero-order chi connectivity index (χ0) is 58.0. The smallest absolute Gasteiger partial charge is 0.339 e. The van der Waals surface area contributed by atoms with Crippen LogP contribution in [0, 0.1) is 27.7 Å². The zero-order valence-corrected chi connectivity index (χ0v) is 47.8. The van der Waals surface area contributed by atoms with Gasteiger partial charge in [0.25, 0.3) is 0 Å². The molecule has 9 rings (SSSR count). The van der Waals surface area contributed by atoms with Crippen molar-refractivity contribution in [3.8, 4) is 46.0 Å². The second-order valence-electron chi connectivity index (χ2n) is 20.1. The van der Waals surface area contributed by atoms with E-state index in [4.69, 9.17) is 16.7 Å². The Kier molecular flexibility index (Phi) is 15.0. The van der Waals surface area contributed by atoms with E-state index in [9.17, 15) is 54.1 Å². The summed E-state index contributed by atoms with van der Waals surface area (Å²) in [4.78, 5) is -1.02. The molecule has 4 N–H and O–H groups in total. The molecule has 0 unspecified atom stereocenters. The third-order valence-electron chi connectivity index (χ3n) is 14.4. The van der Waals surface area contributed by atoms with Crippen LogP contribution in [0.2, 0.25) is 0 Å². The molecule has 0 spiro atoms. The zero-order valence-electron chi connectivity index (χ0n) is 44.5. The van der Waals surface area contributed by atoms with Crippen LogP contribution in [-0.2, 0) is 40.5 Å². The van der Waals surface area contributed by atoms with Gasteiger partial charge >= 0.3 is 40.5 Å². The van der Waals surface area contributed by atoms with E-state index in [0.717, 1.165) is 46.5 Å². The van der Waals surface area contributed by atoms with Crippen molar-refractivity contribution in [2.24, 2.45) is 0 Å².